The molecule has 0 aromatic heterocycles. The number of aliphatic hydroxyl groups excluding tert-OH is 2. The molecule has 0 spiro atoms. The second-order valence-electron chi connectivity index (χ2n) is 4.89. The smallest absolute Gasteiger partial charge is 0.127 e. The molecule has 122 valence electrons. The van der Waals surface area contributed by atoms with E-state index in [1.165, 1.54) is 0 Å². The molecule has 0 radical (unpaired) electrons. The Bertz CT molecular complexity index is 425. The lowest BCUT2D eigenvalue weighted by molar-refractivity contribution is 0.250. The largest absolute Gasteiger partial charge is 0.493 e. The van der Waals surface area contributed by atoms with Crippen LogP contribution in [0.15, 0.2) is 25.3 Å². The minimum Gasteiger partial charge on any atom is -0.493 e. The molecule has 4 nitrogen and oxygen atoms in total. The van der Waals surface area contributed by atoms with Gasteiger partial charge in [0.05, 0.1) is 13.2 Å². The van der Waals surface area contributed by atoms with Crippen LogP contribution in [0.5, 0.6) is 11.5 Å². The molecular weight excluding hydrogens is 280 g/mol. The molecule has 1 rings (SSSR count). The molecule has 0 bridgehead atoms. The summed E-state index contributed by atoms with van der Waals surface area (Å²) in [7, 11) is 0. The van der Waals surface area contributed by atoms with Crippen LogP contribution >= 0.6 is 0 Å². The lowest BCUT2D eigenvalue weighted by Gasteiger charge is -2.15. The van der Waals surface area contributed by atoms with E-state index in [4.69, 9.17) is 19.7 Å². The lowest BCUT2D eigenvalue weighted by Crippen LogP contribution is -2.03. The van der Waals surface area contributed by atoms with Crippen molar-refractivity contribution in [1.29, 1.82) is 0 Å². The van der Waals surface area contributed by atoms with Crippen LogP contribution in [-0.2, 0) is 0 Å². The number of rotatable bonds is 12. The number of unbranched alkanes of at least 4 members (excludes halogenated alkanes) is 2. The van der Waals surface area contributed by atoms with Crippen LogP contribution in [0.25, 0.3) is 12.2 Å². The minimum atomic E-state index is 0.177. The zero-order chi connectivity index (χ0) is 16.2. The Morgan fingerprint density at radius 2 is 1.18 bits per heavy atom. The first-order valence-electron chi connectivity index (χ1n) is 7.67. The highest BCUT2D eigenvalue weighted by Crippen LogP contribution is 2.31. The van der Waals surface area contributed by atoms with Gasteiger partial charge < -0.3 is 19.7 Å². The zero-order valence-electron chi connectivity index (χ0n) is 13.1. The third-order valence-electron chi connectivity index (χ3n) is 3.20. The molecule has 2 N–H and O–H groups in total. The van der Waals surface area contributed by atoms with Gasteiger partial charge in [0.1, 0.15) is 11.5 Å². The van der Waals surface area contributed by atoms with Crippen LogP contribution in [0.4, 0.5) is 0 Å². The fourth-order valence-corrected chi connectivity index (χ4v) is 1.95. The fourth-order valence-electron chi connectivity index (χ4n) is 1.95. The Balaban J connectivity index is 2.78. The second kappa shape index (κ2) is 10.9. The Labute approximate surface area is 132 Å². The number of aliphatic hydroxyl groups is 2. The first-order valence-corrected chi connectivity index (χ1v) is 7.67. The Morgan fingerprint density at radius 1 is 0.773 bits per heavy atom. The van der Waals surface area contributed by atoms with Crippen molar-refractivity contribution in [2.24, 2.45) is 0 Å². The highest BCUT2D eigenvalue weighted by atomic mass is 16.5. The molecule has 0 aliphatic heterocycles. The quantitative estimate of drug-likeness (QED) is 0.582. The summed E-state index contributed by atoms with van der Waals surface area (Å²) in [5.74, 6) is 1.48. The van der Waals surface area contributed by atoms with Gasteiger partial charge in [0.15, 0.2) is 0 Å². The van der Waals surface area contributed by atoms with Gasteiger partial charge in [0.25, 0.3) is 0 Å². The summed E-state index contributed by atoms with van der Waals surface area (Å²) >= 11 is 0. The van der Waals surface area contributed by atoms with Gasteiger partial charge in [-0.2, -0.15) is 0 Å². The van der Waals surface area contributed by atoms with Crippen molar-refractivity contribution in [3.05, 3.63) is 36.4 Å². The summed E-state index contributed by atoms with van der Waals surface area (Å²) < 4.78 is 11.5. The van der Waals surface area contributed by atoms with Crippen LogP contribution in [0.1, 0.15) is 36.8 Å². The number of hydrogen-bond donors (Lipinski definition) is 2. The molecule has 0 aliphatic rings. The maximum atomic E-state index is 8.79. The monoisotopic (exact) mass is 306 g/mol. The van der Waals surface area contributed by atoms with Crippen molar-refractivity contribution in [2.45, 2.75) is 25.7 Å². The predicted molar refractivity (Wildman–Crippen MR) is 90.3 cm³/mol. The highest BCUT2D eigenvalue weighted by molar-refractivity contribution is 5.66. The van der Waals surface area contributed by atoms with Crippen LogP contribution in [-0.4, -0.2) is 36.6 Å². The summed E-state index contributed by atoms with van der Waals surface area (Å²) in [5, 5.41) is 17.6. The van der Waals surface area contributed by atoms with Crippen molar-refractivity contribution >= 4 is 12.2 Å². The molecule has 1 aromatic carbocycles. The molecule has 0 aliphatic carbocycles. The number of benzene rings is 1. The van der Waals surface area contributed by atoms with Gasteiger partial charge in [0, 0.05) is 24.3 Å². The maximum absolute atomic E-state index is 8.79. The standard InChI is InChI=1S/C18H26O4/c1-3-15-13-18(22-12-8-6-10-20)16(4-2)14-17(15)21-11-7-5-9-19/h3-4,13-14,19-20H,1-2,5-12H2. The van der Waals surface area contributed by atoms with Gasteiger partial charge in [-0.25, -0.2) is 0 Å². The molecule has 0 unspecified atom stereocenters. The minimum absolute atomic E-state index is 0.177. The summed E-state index contributed by atoms with van der Waals surface area (Å²) in [4.78, 5) is 0. The number of hydrogen-bond acceptors (Lipinski definition) is 4. The summed E-state index contributed by atoms with van der Waals surface area (Å²) in [5.41, 5.74) is 1.73. The number of ether oxygens (including phenoxy) is 2. The van der Waals surface area contributed by atoms with E-state index >= 15 is 0 Å². The van der Waals surface area contributed by atoms with E-state index in [1.54, 1.807) is 12.2 Å². The zero-order valence-corrected chi connectivity index (χ0v) is 13.1. The molecule has 0 saturated carbocycles. The van der Waals surface area contributed by atoms with E-state index in [0.717, 1.165) is 48.3 Å². The molecule has 0 atom stereocenters. The van der Waals surface area contributed by atoms with Gasteiger partial charge in [-0.1, -0.05) is 25.3 Å². The first-order chi connectivity index (χ1) is 10.8. The molecular formula is C18H26O4. The summed E-state index contributed by atoms with van der Waals surface area (Å²) in [6.45, 7) is 9.07. The maximum Gasteiger partial charge on any atom is 0.127 e. The molecule has 4 heteroatoms. The van der Waals surface area contributed by atoms with Crippen molar-refractivity contribution in [2.75, 3.05) is 26.4 Å². The van der Waals surface area contributed by atoms with E-state index in [-0.39, 0.29) is 13.2 Å². The Hall–Kier alpha value is -1.78. The topological polar surface area (TPSA) is 58.9 Å². The predicted octanol–water partition coefficient (Wildman–Crippen LogP) is 3.28. The lowest BCUT2D eigenvalue weighted by atomic mass is 10.1. The van der Waals surface area contributed by atoms with Gasteiger partial charge in [-0.15, -0.1) is 0 Å². The van der Waals surface area contributed by atoms with Crippen molar-refractivity contribution in [3.8, 4) is 11.5 Å². The molecule has 22 heavy (non-hydrogen) atoms. The first kappa shape index (κ1) is 18.3. The van der Waals surface area contributed by atoms with Crippen LogP contribution in [0.2, 0.25) is 0 Å². The van der Waals surface area contributed by atoms with E-state index in [2.05, 4.69) is 13.2 Å². The molecule has 0 fully saturated rings. The summed E-state index contributed by atoms with van der Waals surface area (Å²) in [6.07, 6.45) is 6.52. The second-order valence-corrected chi connectivity index (χ2v) is 4.89. The van der Waals surface area contributed by atoms with E-state index in [9.17, 15) is 0 Å². The van der Waals surface area contributed by atoms with E-state index < -0.39 is 0 Å². The third-order valence-corrected chi connectivity index (χ3v) is 3.20. The van der Waals surface area contributed by atoms with Crippen LogP contribution in [0.3, 0.4) is 0 Å². The molecule has 0 heterocycles. The Kier molecular flexibility index (Phi) is 9.03. The SMILES string of the molecule is C=Cc1cc(OCCCCO)c(C=C)cc1OCCCCO. The van der Waals surface area contributed by atoms with Crippen molar-refractivity contribution in [3.63, 3.8) is 0 Å². The molecule has 1 aromatic rings. The average molecular weight is 306 g/mol. The van der Waals surface area contributed by atoms with E-state index in [1.807, 2.05) is 12.1 Å². The summed E-state index contributed by atoms with van der Waals surface area (Å²) in [6, 6.07) is 3.79. The van der Waals surface area contributed by atoms with Crippen LogP contribution < -0.4 is 9.47 Å². The highest BCUT2D eigenvalue weighted by Gasteiger charge is 2.09. The Morgan fingerprint density at radius 3 is 1.50 bits per heavy atom. The van der Waals surface area contributed by atoms with Gasteiger partial charge in [0.2, 0.25) is 0 Å². The van der Waals surface area contributed by atoms with Crippen LogP contribution in [0, 0.1) is 0 Å². The van der Waals surface area contributed by atoms with E-state index in [0.29, 0.717) is 13.2 Å². The van der Waals surface area contributed by atoms with Gasteiger partial charge in [-0.05, 0) is 37.8 Å². The van der Waals surface area contributed by atoms with Crippen molar-refractivity contribution in [1.82, 2.24) is 0 Å². The average Bonchev–Trinajstić information content (AvgIpc) is 2.55. The molecule has 0 saturated heterocycles. The van der Waals surface area contributed by atoms with Crippen molar-refractivity contribution < 1.29 is 19.7 Å². The fraction of sp³-hybridized carbons (Fsp3) is 0.444. The van der Waals surface area contributed by atoms with Gasteiger partial charge in [-0.3, -0.25) is 0 Å². The third kappa shape index (κ3) is 5.92. The normalized spacial score (nSPS) is 10.3. The molecule has 0 amide bonds. The van der Waals surface area contributed by atoms with Gasteiger partial charge >= 0.3 is 0 Å².